The maximum absolute atomic E-state index is 12.2. The van der Waals surface area contributed by atoms with Gasteiger partial charge in [0.25, 0.3) is 0 Å². The van der Waals surface area contributed by atoms with Gasteiger partial charge in [-0.15, -0.1) is 0 Å². The Morgan fingerprint density at radius 1 is 1.03 bits per heavy atom. The van der Waals surface area contributed by atoms with Gasteiger partial charge in [-0.05, 0) is 29.4 Å². The van der Waals surface area contributed by atoms with Gasteiger partial charge in [0.2, 0.25) is 5.91 Å². The third kappa shape index (κ3) is 5.91. The molecule has 1 aliphatic rings. The summed E-state index contributed by atoms with van der Waals surface area (Å²) in [6, 6.07) is 18.9. The van der Waals surface area contributed by atoms with Crippen LogP contribution in [0.2, 0.25) is 0 Å². The van der Waals surface area contributed by atoms with Crippen LogP contribution in [0.15, 0.2) is 60.8 Å². The van der Waals surface area contributed by atoms with E-state index in [4.69, 9.17) is 4.98 Å². The summed E-state index contributed by atoms with van der Waals surface area (Å²) in [5.41, 5.74) is 6.22. The highest BCUT2D eigenvalue weighted by Crippen LogP contribution is 2.37. The van der Waals surface area contributed by atoms with Crippen LogP contribution in [0.3, 0.4) is 0 Å². The molecule has 0 bridgehead atoms. The number of nitrogens with zero attached hydrogens (tertiary/aromatic N) is 2. The Morgan fingerprint density at radius 2 is 1.67 bits per heavy atom. The van der Waals surface area contributed by atoms with E-state index in [1.54, 1.807) is 0 Å². The lowest BCUT2D eigenvalue weighted by atomic mass is 9.90. The molecular weight excluding hydrogens is 410 g/mol. The van der Waals surface area contributed by atoms with Crippen molar-refractivity contribution >= 4 is 5.91 Å². The van der Waals surface area contributed by atoms with E-state index in [0.717, 1.165) is 30.0 Å². The molecule has 5 heteroatoms. The normalized spacial score (nSPS) is 15.2. The second-order valence-corrected chi connectivity index (χ2v) is 9.80. The standard InChI is InChI=1S/C28H35N3O2/c1-20(2)18-31-19-26(24-14-12-23(13-15-24)22-10-4-3-5-11-22)29-28(31)25(17-27(32)30-33)16-21-8-6-7-9-21/h3-5,10-15,19-21,25,33H,6-9,16-18H2,1-2H3,(H,30,32). The number of benzene rings is 2. The quantitative estimate of drug-likeness (QED) is 0.294. The van der Waals surface area contributed by atoms with Crippen LogP contribution < -0.4 is 5.48 Å². The third-order valence-electron chi connectivity index (χ3n) is 6.67. The molecule has 0 saturated heterocycles. The Hall–Kier alpha value is -2.92. The molecule has 1 saturated carbocycles. The van der Waals surface area contributed by atoms with Gasteiger partial charge < -0.3 is 4.57 Å². The van der Waals surface area contributed by atoms with Gasteiger partial charge in [-0.2, -0.15) is 0 Å². The van der Waals surface area contributed by atoms with Crippen molar-refractivity contribution < 1.29 is 10.0 Å². The Morgan fingerprint density at radius 3 is 2.30 bits per heavy atom. The van der Waals surface area contributed by atoms with Crippen LogP contribution in [-0.2, 0) is 11.3 Å². The number of carbonyl (C=O) groups is 1. The average Bonchev–Trinajstić information content (AvgIpc) is 3.49. The van der Waals surface area contributed by atoms with E-state index in [1.165, 1.54) is 36.8 Å². The number of rotatable bonds is 9. The van der Waals surface area contributed by atoms with E-state index in [9.17, 15) is 10.0 Å². The summed E-state index contributed by atoms with van der Waals surface area (Å²) >= 11 is 0. The largest absolute Gasteiger partial charge is 0.334 e. The maximum atomic E-state index is 12.2. The predicted octanol–water partition coefficient (Wildman–Crippen LogP) is 6.43. The Kier molecular flexibility index (Phi) is 7.61. The highest BCUT2D eigenvalue weighted by Gasteiger charge is 2.27. The first-order valence-corrected chi connectivity index (χ1v) is 12.2. The van der Waals surface area contributed by atoms with Crippen molar-refractivity contribution in [1.82, 2.24) is 15.0 Å². The maximum Gasteiger partial charge on any atom is 0.244 e. The topological polar surface area (TPSA) is 67.2 Å². The average molecular weight is 446 g/mol. The highest BCUT2D eigenvalue weighted by atomic mass is 16.5. The minimum absolute atomic E-state index is 0.00339. The van der Waals surface area contributed by atoms with Crippen molar-refractivity contribution in [1.29, 1.82) is 0 Å². The molecule has 1 aromatic heterocycles. The Bertz CT molecular complexity index is 1030. The number of amides is 1. The first-order valence-electron chi connectivity index (χ1n) is 12.2. The summed E-state index contributed by atoms with van der Waals surface area (Å²) in [5.74, 6) is 1.70. The molecule has 1 unspecified atom stereocenters. The molecule has 5 nitrogen and oxygen atoms in total. The van der Waals surface area contributed by atoms with Crippen molar-refractivity contribution in [2.45, 2.75) is 64.8 Å². The number of hydroxylamine groups is 1. The van der Waals surface area contributed by atoms with Crippen molar-refractivity contribution in [3.63, 3.8) is 0 Å². The molecule has 0 radical (unpaired) electrons. The zero-order chi connectivity index (χ0) is 23.2. The summed E-state index contributed by atoms with van der Waals surface area (Å²) in [6.07, 6.45) is 8.30. The molecule has 1 atom stereocenters. The second kappa shape index (κ2) is 10.8. The molecule has 0 spiro atoms. The van der Waals surface area contributed by atoms with Gasteiger partial charge in [-0.1, -0.05) is 94.1 Å². The minimum Gasteiger partial charge on any atom is -0.334 e. The van der Waals surface area contributed by atoms with E-state index in [1.807, 2.05) is 11.5 Å². The van der Waals surface area contributed by atoms with E-state index in [-0.39, 0.29) is 18.2 Å². The first-order chi connectivity index (χ1) is 16.0. The van der Waals surface area contributed by atoms with Crippen LogP contribution in [0.4, 0.5) is 0 Å². The van der Waals surface area contributed by atoms with E-state index < -0.39 is 0 Å². The van der Waals surface area contributed by atoms with Crippen molar-refractivity contribution in [3.05, 3.63) is 66.6 Å². The summed E-state index contributed by atoms with van der Waals surface area (Å²) in [6.45, 7) is 5.25. The van der Waals surface area contributed by atoms with Gasteiger partial charge in [-0.3, -0.25) is 10.0 Å². The number of hydrogen-bond acceptors (Lipinski definition) is 3. The van der Waals surface area contributed by atoms with Crippen LogP contribution in [0.25, 0.3) is 22.4 Å². The van der Waals surface area contributed by atoms with Gasteiger partial charge >= 0.3 is 0 Å². The number of carbonyl (C=O) groups excluding carboxylic acids is 1. The molecule has 4 rings (SSSR count). The fourth-order valence-corrected chi connectivity index (χ4v) is 5.10. The van der Waals surface area contributed by atoms with E-state index in [0.29, 0.717) is 11.8 Å². The SMILES string of the molecule is CC(C)Cn1cc(-c2ccc(-c3ccccc3)cc2)nc1C(CC(=O)NO)CC1CCCC1. The fraction of sp³-hybridized carbons (Fsp3) is 0.429. The number of imidazole rings is 1. The molecule has 1 amide bonds. The first kappa shape index (κ1) is 23.2. The number of hydrogen-bond donors (Lipinski definition) is 2. The van der Waals surface area contributed by atoms with Crippen LogP contribution in [0, 0.1) is 11.8 Å². The van der Waals surface area contributed by atoms with Gasteiger partial charge in [0.15, 0.2) is 0 Å². The molecule has 0 aliphatic heterocycles. The molecule has 1 fully saturated rings. The Labute approximate surface area is 196 Å². The fourth-order valence-electron chi connectivity index (χ4n) is 5.10. The van der Waals surface area contributed by atoms with E-state index in [2.05, 4.69) is 73.1 Å². The Balaban J connectivity index is 1.65. The van der Waals surface area contributed by atoms with Crippen molar-refractivity contribution in [2.75, 3.05) is 0 Å². The van der Waals surface area contributed by atoms with Gasteiger partial charge in [0.05, 0.1) is 5.69 Å². The summed E-state index contributed by atoms with van der Waals surface area (Å²) in [4.78, 5) is 17.2. The molecule has 1 heterocycles. The summed E-state index contributed by atoms with van der Waals surface area (Å²) in [7, 11) is 0. The van der Waals surface area contributed by atoms with Gasteiger partial charge in [0, 0.05) is 30.6 Å². The zero-order valence-corrected chi connectivity index (χ0v) is 19.7. The lowest BCUT2D eigenvalue weighted by molar-refractivity contribution is -0.129. The van der Waals surface area contributed by atoms with Crippen molar-refractivity contribution in [3.8, 4) is 22.4 Å². The van der Waals surface area contributed by atoms with Crippen LogP contribution in [-0.4, -0.2) is 20.7 Å². The number of aromatic nitrogens is 2. The van der Waals surface area contributed by atoms with Gasteiger partial charge in [-0.25, -0.2) is 10.5 Å². The molecule has 2 aromatic carbocycles. The molecule has 33 heavy (non-hydrogen) atoms. The molecule has 1 aliphatic carbocycles. The van der Waals surface area contributed by atoms with Crippen molar-refractivity contribution in [2.24, 2.45) is 11.8 Å². The number of nitrogens with one attached hydrogen (secondary N) is 1. The van der Waals surface area contributed by atoms with Crippen LogP contribution in [0.5, 0.6) is 0 Å². The highest BCUT2D eigenvalue weighted by molar-refractivity contribution is 5.75. The summed E-state index contributed by atoms with van der Waals surface area (Å²) in [5, 5.41) is 9.18. The van der Waals surface area contributed by atoms with E-state index >= 15 is 0 Å². The zero-order valence-electron chi connectivity index (χ0n) is 19.7. The lowest BCUT2D eigenvalue weighted by Crippen LogP contribution is -2.24. The van der Waals surface area contributed by atoms with Crippen LogP contribution >= 0.6 is 0 Å². The smallest absolute Gasteiger partial charge is 0.244 e. The minimum atomic E-state index is -0.342. The lowest BCUT2D eigenvalue weighted by Gasteiger charge is -2.21. The molecular formula is C28H35N3O2. The molecule has 2 N–H and O–H groups in total. The second-order valence-electron chi connectivity index (χ2n) is 9.80. The predicted molar refractivity (Wildman–Crippen MR) is 132 cm³/mol. The molecule has 3 aromatic rings. The monoisotopic (exact) mass is 445 g/mol. The third-order valence-corrected chi connectivity index (χ3v) is 6.67. The molecule has 174 valence electrons. The summed E-state index contributed by atoms with van der Waals surface area (Å²) < 4.78 is 2.23. The van der Waals surface area contributed by atoms with Gasteiger partial charge in [0.1, 0.15) is 5.82 Å². The van der Waals surface area contributed by atoms with Crippen LogP contribution in [0.1, 0.15) is 64.1 Å².